The van der Waals surface area contributed by atoms with Crippen molar-refractivity contribution in [3.8, 4) is 0 Å². The summed E-state index contributed by atoms with van der Waals surface area (Å²) in [5.41, 5.74) is 0. The Bertz CT molecular complexity index is 358. The first-order valence-corrected chi connectivity index (χ1v) is 14.6. The molecule has 0 heterocycles. The Kier molecular flexibility index (Phi) is 15.7. The van der Waals surface area contributed by atoms with Crippen molar-refractivity contribution in [1.29, 1.82) is 0 Å². The molecule has 1 N–H and O–H groups in total. The van der Waals surface area contributed by atoms with Crippen LogP contribution < -0.4 is 0 Å². The summed E-state index contributed by atoms with van der Waals surface area (Å²) in [7, 11) is -1.75. The van der Waals surface area contributed by atoms with E-state index < -0.39 is 14.4 Å². The van der Waals surface area contributed by atoms with E-state index in [4.69, 9.17) is 4.43 Å². The molecule has 0 bridgehead atoms. The number of allylic oxidation sites excluding steroid dienone is 1. The van der Waals surface area contributed by atoms with E-state index in [-0.39, 0.29) is 5.04 Å². The van der Waals surface area contributed by atoms with Crippen LogP contribution >= 0.6 is 0 Å². The van der Waals surface area contributed by atoms with Crippen LogP contribution in [0.25, 0.3) is 0 Å². The first-order valence-electron chi connectivity index (χ1n) is 11.7. The fourth-order valence-corrected chi connectivity index (χ4v) is 3.94. The highest BCUT2D eigenvalue weighted by Crippen LogP contribution is 2.36. The van der Waals surface area contributed by atoms with Crippen molar-refractivity contribution in [2.45, 2.75) is 135 Å². The molecule has 0 saturated heterocycles. The summed E-state index contributed by atoms with van der Waals surface area (Å²) < 4.78 is 6.06. The predicted octanol–water partition coefficient (Wildman–Crippen LogP) is 8.02. The Hall–Kier alpha value is -0.123. The smallest absolute Gasteiger partial charge is 0.192 e. The van der Waals surface area contributed by atoms with Gasteiger partial charge in [-0.3, -0.25) is 0 Å². The lowest BCUT2D eigenvalue weighted by Gasteiger charge is -2.36. The standard InChI is InChI=1S/C24H50O2Si/c1-7-8-9-10-11-12-13-14-15-16-17-18-19-20-21-23(25)22-26-27(5,6)24(2,3)4/h20-21,23,25H,7-19,22H2,1-6H3/b21-20-/t23-/m0/s1. The van der Waals surface area contributed by atoms with E-state index in [1.54, 1.807) is 0 Å². The Morgan fingerprint density at radius 1 is 0.815 bits per heavy atom. The average molecular weight is 399 g/mol. The SMILES string of the molecule is CCCCCCCCCCCCCC/C=C\[C@H](O)CO[Si](C)(C)C(C)(C)C. The van der Waals surface area contributed by atoms with Crippen LogP contribution in [0.1, 0.15) is 111 Å². The third-order valence-electron chi connectivity index (χ3n) is 6.00. The van der Waals surface area contributed by atoms with E-state index in [0.717, 1.165) is 6.42 Å². The zero-order valence-corrected chi connectivity index (χ0v) is 20.5. The summed E-state index contributed by atoms with van der Waals surface area (Å²) in [4.78, 5) is 0. The normalized spacial score (nSPS) is 14.2. The van der Waals surface area contributed by atoms with Crippen molar-refractivity contribution in [2.24, 2.45) is 0 Å². The molecular weight excluding hydrogens is 348 g/mol. The van der Waals surface area contributed by atoms with Crippen molar-refractivity contribution in [2.75, 3.05) is 6.61 Å². The number of aliphatic hydroxyl groups excluding tert-OH is 1. The van der Waals surface area contributed by atoms with E-state index in [9.17, 15) is 5.11 Å². The van der Waals surface area contributed by atoms with Gasteiger partial charge in [-0.15, -0.1) is 0 Å². The second-order valence-corrected chi connectivity index (χ2v) is 14.6. The van der Waals surface area contributed by atoms with Gasteiger partial charge in [-0.2, -0.15) is 0 Å². The lowest BCUT2D eigenvalue weighted by molar-refractivity contribution is 0.135. The molecule has 3 heteroatoms. The third kappa shape index (κ3) is 15.5. The van der Waals surface area contributed by atoms with Crippen molar-refractivity contribution in [3.63, 3.8) is 0 Å². The molecular formula is C24H50O2Si. The lowest BCUT2D eigenvalue weighted by atomic mass is 10.0. The number of hydrogen-bond donors (Lipinski definition) is 1. The van der Waals surface area contributed by atoms with Crippen molar-refractivity contribution in [3.05, 3.63) is 12.2 Å². The molecule has 0 amide bonds. The summed E-state index contributed by atoms with van der Waals surface area (Å²) in [6, 6.07) is 0. The molecule has 0 aliphatic rings. The minimum Gasteiger partial charge on any atom is -0.414 e. The van der Waals surface area contributed by atoms with Crippen LogP contribution in [-0.4, -0.2) is 26.1 Å². The van der Waals surface area contributed by atoms with Crippen LogP contribution in [0.4, 0.5) is 0 Å². The topological polar surface area (TPSA) is 29.5 Å². The zero-order valence-electron chi connectivity index (χ0n) is 19.5. The summed E-state index contributed by atoms with van der Waals surface area (Å²) in [5, 5.41) is 10.3. The van der Waals surface area contributed by atoms with Gasteiger partial charge in [-0.1, -0.05) is 110 Å². The van der Waals surface area contributed by atoms with Gasteiger partial charge in [-0.05, 0) is 31.0 Å². The number of aliphatic hydroxyl groups is 1. The van der Waals surface area contributed by atoms with Crippen LogP contribution in [0, 0.1) is 0 Å². The largest absolute Gasteiger partial charge is 0.414 e. The van der Waals surface area contributed by atoms with E-state index in [0.29, 0.717) is 6.61 Å². The molecule has 162 valence electrons. The van der Waals surface area contributed by atoms with Crippen LogP contribution in [-0.2, 0) is 4.43 Å². The third-order valence-corrected chi connectivity index (χ3v) is 10.5. The molecule has 0 unspecified atom stereocenters. The average Bonchev–Trinajstić information content (AvgIpc) is 2.59. The van der Waals surface area contributed by atoms with Gasteiger partial charge in [0.15, 0.2) is 8.32 Å². The molecule has 27 heavy (non-hydrogen) atoms. The molecule has 0 aromatic rings. The van der Waals surface area contributed by atoms with Gasteiger partial charge in [-0.25, -0.2) is 0 Å². The van der Waals surface area contributed by atoms with Gasteiger partial charge in [0, 0.05) is 0 Å². The molecule has 1 atom stereocenters. The second kappa shape index (κ2) is 15.8. The van der Waals surface area contributed by atoms with Crippen LogP contribution in [0.15, 0.2) is 12.2 Å². The Morgan fingerprint density at radius 2 is 1.26 bits per heavy atom. The van der Waals surface area contributed by atoms with E-state index in [1.165, 1.54) is 77.0 Å². The molecule has 0 aliphatic carbocycles. The number of hydrogen-bond acceptors (Lipinski definition) is 2. The summed E-state index contributed by atoms with van der Waals surface area (Å²) in [6.07, 6.45) is 21.3. The minimum absolute atomic E-state index is 0.200. The zero-order chi connectivity index (χ0) is 20.6. The molecule has 0 rings (SSSR count). The van der Waals surface area contributed by atoms with Gasteiger partial charge in [0.05, 0.1) is 12.7 Å². The fraction of sp³-hybridized carbons (Fsp3) is 0.917. The first-order chi connectivity index (χ1) is 12.7. The highest BCUT2D eigenvalue weighted by Gasteiger charge is 2.37. The van der Waals surface area contributed by atoms with Crippen molar-refractivity contribution >= 4 is 8.32 Å². The Labute approximate surface area is 172 Å². The Morgan fingerprint density at radius 3 is 1.70 bits per heavy atom. The molecule has 0 radical (unpaired) electrons. The summed E-state index contributed by atoms with van der Waals surface area (Å²) in [6.45, 7) is 13.9. The van der Waals surface area contributed by atoms with E-state index in [2.05, 4.69) is 46.9 Å². The van der Waals surface area contributed by atoms with Gasteiger partial charge >= 0.3 is 0 Å². The number of rotatable bonds is 17. The molecule has 0 spiro atoms. The maximum Gasteiger partial charge on any atom is 0.192 e. The predicted molar refractivity (Wildman–Crippen MR) is 124 cm³/mol. The van der Waals surface area contributed by atoms with Crippen LogP contribution in [0.3, 0.4) is 0 Å². The maximum atomic E-state index is 10.1. The van der Waals surface area contributed by atoms with Gasteiger partial charge in [0.1, 0.15) is 0 Å². The molecule has 0 aliphatic heterocycles. The highest BCUT2D eigenvalue weighted by atomic mass is 28.4. The summed E-state index contributed by atoms with van der Waals surface area (Å²) >= 11 is 0. The van der Waals surface area contributed by atoms with E-state index >= 15 is 0 Å². The van der Waals surface area contributed by atoms with Crippen LogP contribution in [0.2, 0.25) is 18.1 Å². The van der Waals surface area contributed by atoms with Gasteiger partial charge in [0.2, 0.25) is 0 Å². The highest BCUT2D eigenvalue weighted by molar-refractivity contribution is 6.74. The molecule has 0 aromatic heterocycles. The second-order valence-electron chi connectivity index (χ2n) is 9.74. The molecule has 2 nitrogen and oxygen atoms in total. The minimum atomic E-state index is -1.75. The maximum absolute atomic E-state index is 10.1. The first kappa shape index (κ1) is 26.9. The molecule has 0 fully saturated rings. The molecule has 0 aromatic carbocycles. The van der Waals surface area contributed by atoms with Crippen molar-refractivity contribution < 1.29 is 9.53 Å². The fourth-order valence-electron chi connectivity index (χ4n) is 2.92. The van der Waals surface area contributed by atoms with Gasteiger partial charge in [0.25, 0.3) is 0 Å². The monoisotopic (exact) mass is 398 g/mol. The van der Waals surface area contributed by atoms with Gasteiger partial charge < -0.3 is 9.53 Å². The van der Waals surface area contributed by atoms with E-state index in [1.807, 2.05) is 6.08 Å². The molecule has 0 saturated carbocycles. The number of unbranched alkanes of at least 4 members (excludes halogenated alkanes) is 12. The Balaban J connectivity index is 3.49. The van der Waals surface area contributed by atoms with Crippen LogP contribution in [0.5, 0.6) is 0 Å². The summed E-state index contributed by atoms with van der Waals surface area (Å²) in [5.74, 6) is 0. The van der Waals surface area contributed by atoms with Crippen molar-refractivity contribution in [1.82, 2.24) is 0 Å². The quantitative estimate of drug-likeness (QED) is 0.153. The lowest BCUT2D eigenvalue weighted by Crippen LogP contribution is -2.42.